The molecule has 0 aromatic rings. The molecule has 0 unspecified atom stereocenters. The number of aliphatic carboxylic acids is 1. The van der Waals surface area contributed by atoms with Gasteiger partial charge in [-0.15, -0.1) is 0 Å². The largest absolute Gasteiger partial charge is 0.478 e. The summed E-state index contributed by atoms with van der Waals surface area (Å²) >= 11 is 0. The van der Waals surface area contributed by atoms with Crippen LogP contribution in [0.4, 0.5) is 0 Å². The van der Waals surface area contributed by atoms with Crippen molar-refractivity contribution in [3.8, 4) is 0 Å². The van der Waals surface area contributed by atoms with Gasteiger partial charge in [0.2, 0.25) is 0 Å². The van der Waals surface area contributed by atoms with Crippen LogP contribution < -0.4 is 0 Å². The van der Waals surface area contributed by atoms with Crippen molar-refractivity contribution < 1.29 is 20.1 Å². The Kier molecular flexibility index (Phi) is 5.92. The Morgan fingerprint density at radius 2 is 1.77 bits per heavy atom. The van der Waals surface area contributed by atoms with E-state index in [-0.39, 0.29) is 18.8 Å². The molecule has 0 aromatic carbocycles. The summed E-state index contributed by atoms with van der Waals surface area (Å²) in [7, 11) is 0. The van der Waals surface area contributed by atoms with Gasteiger partial charge in [-0.1, -0.05) is 0 Å². The molecule has 5 heteroatoms. The average Bonchev–Trinajstić information content (AvgIpc) is 2.05. The standard InChI is InChI=1S/C8H15NO4/c1-7(8(12)13)6-9(2-4-10)3-5-11/h6,10-11H,2-5H2,1H3,(H,12,13). The Morgan fingerprint density at radius 1 is 1.31 bits per heavy atom. The predicted octanol–water partition coefficient (Wildman–Crippen LogP) is -0.739. The molecule has 3 N–H and O–H groups in total. The van der Waals surface area contributed by atoms with Gasteiger partial charge in [0.15, 0.2) is 0 Å². The topological polar surface area (TPSA) is 81.0 Å². The van der Waals surface area contributed by atoms with E-state index in [1.54, 1.807) is 4.90 Å². The second-order valence-electron chi connectivity index (χ2n) is 2.60. The van der Waals surface area contributed by atoms with Crippen LogP contribution in [-0.2, 0) is 4.79 Å². The van der Waals surface area contributed by atoms with Gasteiger partial charge in [0.05, 0.1) is 13.2 Å². The van der Waals surface area contributed by atoms with E-state index in [1.807, 2.05) is 0 Å². The number of rotatable bonds is 6. The third-order valence-electron chi connectivity index (χ3n) is 1.49. The third-order valence-corrected chi connectivity index (χ3v) is 1.49. The second kappa shape index (κ2) is 6.45. The van der Waals surface area contributed by atoms with Gasteiger partial charge in [-0.25, -0.2) is 4.79 Å². The Balaban J connectivity index is 4.20. The van der Waals surface area contributed by atoms with Crippen LogP contribution in [0.3, 0.4) is 0 Å². The molecule has 0 radical (unpaired) electrons. The molecule has 0 bridgehead atoms. The summed E-state index contributed by atoms with van der Waals surface area (Å²) in [4.78, 5) is 12.0. The molecule has 0 aliphatic heterocycles. The minimum absolute atomic E-state index is 0.0661. The Bertz CT molecular complexity index is 185. The van der Waals surface area contributed by atoms with Crippen LogP contribution in [0.5, 0.6) is 0 Å². The van der Waals surface area contributed by atoms with E-state index in [9.17, 15) is 4.79 Å². The van der Waals surface area contributed by atoms with Crippen molar-refractivity contribution in [3.63, 3.8) is 0 Å². The minimum atomic E-state index is -0.999. The number of carboxylic acid groups (broad SMARTS) is 1. The van der Waals surface area contributed by atoms with E-state index >= 15 is 0 Å². The molecule has 0 amide bonds. The molecule has 0 saturated heterocycles. The van der Waals surface area contributed by atoms with Crippen molar-refractivity contribution in [1.82, 2.24) is 4.90 Å². The number of hydrogen-bond donors (Lipinski definition) is 3. The van der Waals surface area contributed by atoms with Gasteiger partial charge in [-0.05, 0) is 6.92 Å². The maximum Gasteiger partial charge on any atom is 0.332 e. The van der Waals surface area contributed by atoms with Crippen LogP contribution in [0.15, 0.2) is 11.8 Å². The summed E-state index contributed by atoms with van der Waals surface area (Å²) in [6, 6.07) is 0. The highest BCUT2D eigenvalue weighted by Crippen LogP contribution is 1.97. The molecule has 0 atom stereocenters. The first-order chi connectivity index (χ1) is 6.11. The normalized spacial score (nSPS) is 11.5. The van der Waals surface area contributed by atoms with Crippen molar-refractivity contribution in [2.24, 2.45) is 0 Å². The van der Waals surface area contributed by atoms with Crippen LogP contribution >= 0.6 is 0 Å². The highest BCUT2D eigenvalue weighted by atomic mass is 16.4. The Morgan fingerprint density at radius 3 is 2.08 bits per heavy atom. The summed E-state index contributed by atoms with van der Waals surface area (Å²) in [6.07, 6.45) is 1.41. The van der Waals surface area contributed by atoms with Gasteiger partial charge >= 0.3 is 5.97 Å². The number of aliphatic hydroxyl groups is 2. The lowest BCUT2D eigenvalue weighted by molar-refractivity contribution is -0.132. The van der Waals surface area contributed by atoms with Crippen LogP contribution in [0.2, 0.25) is 0 Å². The lowest BCUT2D eigenvalue weighted by atomic mass is 10.3. The zero-order chi connectivity index (χ0) is 10.3. The monoisotopic (exact) mass is 189 g/mol. The van der Waals surface area contributed by atoms with E-state index in [2.05, 4.69) is 0 Å². The molecule has 0 aliphatic carbocycles. The smallest absolute Gasteiger partial charge is 0.332 e. The zero-order valence-corrected chi connectivity index (χ0v) is 7.60. The van der Waals surface area contributed by atoms with E-state index in [1.165, 1.54) is 13.1 Å². The first kappa shape index (κ1) is 11.9. The molecule has 0 heterocycles. The fourth-order valence-electron chi connectivity index (χ4n) is 0.827. The van der Waals surface area contributed by atoms with Gasteiger partial charge in [-0.3, -0.25) is 0 Å². The average molecular weight is 189 g/mol. The van der Waals surface area contributed by atoms with E-state index < -0.39 is 5.97 Å². The summed E-state index contributed by atoms with van der Waals surface area (Å²) in [5.74, 6) is -0.999. The van der Waals surface area contributed by atoms with Crippen LogP contribution in [0.25, 0.3) is 0 Å². The first-order valence-electron chi connectivity index (χ1n) is 3.99. The highest BCUT2D eigenvalue weighted by molar-refractivity contribution is 5.85. The lowest BCUT2D eigenvalue weighted by Crippen LogP contribution is -2.25. The molecule has 76 valence electrons. The molecular formula is C8H15NO4. The number of aliphatic hydroxyl groups excluding tert-OH is 2. The molecule has 0 saturated carbocycles. The van der Waals surface area contributed by atoms with Crippen LogP contribution in [-0.4, -0.2) is 52.5 Å². The number of carbonyl (C=O) groups is 1. The fraction of sp³-hybridized carbons (Fsp3) is 0.625. The SMILES string of the molecule is CC(=CN(CCO)CCO)C(=O)O. The molecule has 0 spiro atoms. The zero-order valence-electron chi connectivity index (χ0n) is 7.60. The van der Waals surface area contributed by atoms with Crippen molar-refractivity contribution >= 4 is 5.97 Å². The minimum Gasteiger partial charge on any atom is -0.478 e. The van der Waals surface area contributed by atoms with E-state index in [0.29, 0.717) is 13.1 Å². The van der Waals surface area contributed by atoms with Gasteiger partial charge in [-0.2, -0.15) is 0 Å². The first-order valence-corrected chi connectivity index (χ1v) is 3.99. The Labute approximate surface area is 76.9 Å². The maximum atomic E-state index is 10.4. The van der Waals surface area contributed by atoms with Crippen LogP contribution in [0.1, 0.15) is 6.92 Å². The van der Waals surface area contributed by atoms with Gasteiger partial charge < -0.3 is 20.2 Å². The number of nitrogens with zero attached hydrogens (tertiary/aromatic N) is 1. The van der Waals surface area contributed by atoms with Crippen LogP contribution in [0, 0.1) is 0 Å². The second-order valence-corrected chi connectivity index (χ2v) is 2.60. The summed E-state index contributed by atoms with van der Waals surface area (Å²) in [5, 5.41) is 25.8. The number of carboxylic acids is 1. The molecule has 5 nitrogen and oxygen atoms in total. The summed E-state index contributed by atoms with van der Waals surface area (Å²) < 4.78 is 0. The van der Waals surface area contributed by atoms with E-state index in [4.69, 9.17) is 15.3 Å². The maximum absolute atomic E-state index is 10.4. The predicted molar refractivity (Wildman–Crippen MR) is 47.1 cm³/mol. The molecule has 0 aliphatic rings. The molecule has 0 rings (SSSR count). The fourth-order valence-corrected chi connectivity index (χ4v) is 0.827. The molecule has 0 fully saturated rings. The van der Waals surface area contributed by atoms with E-state index in [0.717, 1.165) is 0 Å². The highest BCUT2D eigenvalue weighted by Gasteiger charge is 2.03. The van der Waals surface area contributed by atoms with Crippen molar-refractivity contribution in [1.29, 1.82) is 0 Å². The van der Waals surface area contributed by atoms with Gasteiger partial charge in [0.25, 0.3) is 0 Å². The van der Waals surface area contributed by atoms with Crippen molar-refractivity contribution in [3.05, 3.63) is 11.8 Å². The Hall–Kier alpha value is -1.07. The lowest BCUT2D eigenvalue weighted by Gasteiger charge is -2.18. The summed E-state index contributed by atoms with van der Waals surface area (Å²) in [5.41, 5.74) is 0.182. The van der Waals surface area contributed by atoms with Gasteiger partial charge in [0.1, 0.15) is 0 Å². The van der Waals surface area contributed by atoms with Crippen molar-refractivity contribution in [2.45, 2.75) is 6.92 Å². The van der Waals surface area contributed by atoms with Crippen molar-refractivity contribution in [2.75, 3.05) is 26.3 Å². The van der Waals surface area contributed by atoms with Gasteiger partial charge in [0, 0.05) is 24.9 Å². The number of hydrogen-bond acceptors (Lipinski definition) is 4. The quantitative estimate of drug-likeness (QED) is 0.479. The molecular weight excluding hydrogens is 174 g/mol. The molecule has 0 aromatic heterocycles. The molecule has 13 heavy (non-hydrogen) atoms. The third kappa shape index (κ3) is 5.21. The summed E-state index contributed by atoms with van der Waals surface area (Å²) in [6.45, 7) is 1.98.